The Kier molecular flexibility index (Phi) is 8.31. The van der Waals surface area contributed by atoms with E-state index in [0.29, 0.717) is 24.3 Å². The lowest BCUT2D eigenvalue weighted by atomic mass is 10.1. The van der Waals surface area contributed by atoms with E-state index in [1.807, 2.05) is 49.3 Å². The highest BCUT2D eigenvalue weighted by atomic mass is 16.7. The van der Waals surface area contributed by atoms with Crippen LogP contribution in [-0.2, 0) is 14.4 Å². The fourth-order valence-corrected chi connectivity index (χ4v) is 2.27. The Hall–Kier alpha value is -2.76. The van der Waals surface area contributed by atoms with Crippen LogP contribution >= 0.6 is 0 Å². The van der Waals surface area contributed by atoms with Gasteiger partial charge in [0.25, 0.3) is 5.78 Å². The molecule has 1 aromatic heterocycles. The second-order valence-corrected chi connectivity index (χ2v) is 6.45. The molecule has 0 aliphatic carbocycles. The van der Waals surface area contributed by atoms with Crippen LogP contribution in [0.5, 0.6) is 5.88 Å². The van der Waals surface area contributed by atoms with Gasteiger partial charge in [0.1, 0.15) is 0 Å². The molecule has 2 aromatic rings. The number of esters is 1. The molecule has 0 radical (unpaired) electrons. The molecule has 0 spiro atoms. The third-order valence-electron chi connectivity index (χ3n) is 3.84. The Morgan fingerprint density at radius 3 is 2.52 bits per heavy atom. The highest BCUT2D eigenvalue weighted by Gasteiger charge is 2.32. The fourth-order valence-electron chi connectivity index (χ4n) is 2.27. The van der Waals surface area contributed by atoms with Gasteiger partial charge in [0, 0.05) is 24.7 Å². The van der Waals surface area contributed by atoms with Gasteiger partial charge in [-0.1, -0.05) is 30.3 Å². The lowest BCUT2D eigenvalue weighted by Gasteiger charge is -2.17. The van der Waals surface area contributed by atoms with Crippen molar-refractivity contribution in [2.45, 2.75) is 19.3 Å². The van der Waals surface area contributed by atoms with Crippen LogP contribution in [0, 0.1) is 6.92 Å². The normalized spacial score (nSPS) is 13.2. The average molecular weight is 404 g/mol. The number of aliphatic hydroxyl groups is 2. The van der Waals surface area contributed by atoms with Crippen LogP contribution in [-0.4, -0.2) is 76.6 Å². The standard InChI is InChI=1S/C19H24N4O6/c1-12-14(13-7-5-4-6-8-13)11-15(22-21-12)28-18(26)16(24)17(25)19(27)29-20-9-10-23(2)3/h4-8,11,17,19-20,25,27H,9-10H2,1-3H3. The van der Waals surface area contributed by atoms with Crippen LogP contribution in [0.15, 0.2) is 36.4 Å². The molecule has 1 heterocycles. The van der Waals surface area contributed by atoms with Crippen LogP contribution in [0.3, 0.4) is 0 Å². The molecule has 0 aliphatic rings. The van der Waals surface area contributed by atoms with Gasteiger partial charge >= 0.3 is 5.97 Å². The number of benzene rings is 1. The second-order valence-electron chi connectivity index (χ2n) is 6.45. The first kappa shape index (κ1) is 22.5. The number of aromatic nitrogens is 2. The van der Waals surface area contributed by atoms with Crippen molar-refractivity contribution >= 4 is 11.8 Å². The van der Waals surface area contributed by atoms with Crippen LogP contribution in [0.4, 0.5) is 0 Å². The maximum atomic E-state index is 12.0. The van der Waals surface area contributed by atoms with Crippen LogP contribution in [0.1, 0.15) is 5.69 Å². The molecule has 0 saturated carbocycles. The molecule has 3 N–H and O–H groups in total. The molecule has 0 fully saturated rings. The third kappa shape index (κ3) is 6.66. The number of carbonyl (C=O) groups is 2. The number of Topliss-reactive ketones (excluding diaryl/α,β-unsaturated/α-hetero) is 1. The van der Waals surface area contributed by atoms with E-state index in [0.717, 1.165) is 5.56 Å². The highest BCUT2D eigenvalue weighted by molar-refractivity contribution is 6.36. The molecule has 156 valence electrons. The number of hydroxylamine groups is 1. The van der Waals surface area contributed by atoms with Crippen molar-refractivity contribution in [3.05, 3.63) is 42.1 Å². The van der Waals surface area contributed by atoms with Crippen molar-refractivity contribution in [3.63, 3.8) is 0 Å². The Bertz CT molecular complexity index is 831. The number of aryl methyl sites for hydroxylation is 1. The summed E-state index contributed by atoms with van der Waals surface area (Å²) in [6.45, 7) is 2.66. The number of carbonyl (C=O) groups excluding carboxylic acids is 2. The molecule has 0 aliphatic heterocycles. The number of ketones is 1. The lowest BCUT2D eigenvalue weighted by Crippen LogP contribution is -2.44. The zero-order chi connectivity index (χ0) is 21.4. The van der Waals surface area contributed by atoms with Crippen molar-refractivity contribution < 1.29 is 29.4 Å². The molecule has 2 rings (SSSR count). The van der Waals surface area contributed by atoms with Crippen LogP contribution in [0.2, 0.25) is 0 Å². The van der Waals surface area contributed by atoms with Crippen molar-refractivity contribution in [1.82, 2.24) is 20.6 Å². The van der Waals surface area contributed by atoms with Gasteiger partial charge in [0.2, 0.25) is 12.2 Å². The summed E-state index contributed by atoms with van der Waals surface area (Å²) in [6, 6.07) is 10.7. The molecule has 10 heteroatoms. The topological polar surface area (TPSA) is 134 Å². The van der Waals surface area contributed by atoms with Crippen LogP contribution < -0.4 is 10.2 Å². The SMILES string of the molecule is Cc1nnc(OC(=O)C(=O)C(O)C(O)ONCCN(C)C)cc1-c1ccccc1. The maximum Gasteiger partial charge on any atom is 0.384 e. The maximum absolute atomic E-state index is 12.0. The third-order valence-corrected chi connectivity index (χ3v) is 3.84. The van der Waals surface area contributed by atoms with Gasteiger partial charge in [-0.25, -0.2) is 4.79 Å². The van der Waals surface area contributed by atoms with Gasteiger partial charge < -0.3 is 19.8 Å². The van der Waals surface area contributed by atoms with E-state index < -0.39 is 24.1 Å². The Balaban J connectivity index is 1.98. The smallest absolute Gasteiger partial charge is 0.384 e. The Morgan fingerprint density at radius 1 is 1.17 bits per heavy atom. The molecule has 2 atom stereocenters. The number of nitrogens with zero attached hydrogens (tertiary/aromatic N) is 3. The summed E-state index contributed by atoms with van der Waals surface area (Å²) < 4.78 is 4.91. The van der Waals surface area contributed by atoms with E-state index >= 15 is 0 Å². The monoisotopic (exact) mass is 404 g/mol. The van der Waals surface area contributed by atoms with Gasteiger partial charge in [-0.05, 0) is 26.6 Å². The second kappa shape index (κ2) is 10.7. The molecule has 10 nitrogen and oxygen atoms in total. The first-order chi connectivity index (χ1) is 13.8. The van der Waals surface area contributed by atoms with Crippen molar-refractivity contribution in [3.8, 4) is 17.0 Å². The van der Waals surface area contributed by atoms with Gasteiger partial charge in [0.15, 0.2) is 6.10 Å². The fraction of sp³-hybridized carbons (Fsp3) is 0.368. The quantitative estimate of drug-likeness (QED) is 0.159. The van der Waals surface area contributed by atoms with E-state index in [4.69, 9.17) is 9.57 Å². The van der Waals surface area contributed by atoms with Crippen molar-refractivity contribution in [2.75, 3.05) is 27.2 Å². The minimum atomic E-state index is -2.12. The molecule has 29 heavy (non-hydrogen) atoms. The van der Waals surface area contributed by atoms with E-state index in [9.17, 15) is 19.8 Å². The minimum Gasteiger partial charge on any atom is -0.400 e. The Morgan fingerprint density at radius 2 is 1.86 bits per heavy atom. The molecule has 1 aromatic carbocycles. The van der Waals surface area contributed by atoms with Gasteiger partial charge in [0.05, 0.1) is 5.69 Å². The van der Waals surface area contributed by atoms with E-state index in [1.165, 1.54) is 6.07 Å². The van der Waals surface area contributed by atoms with Crippen LogP contribution in [0.25, 0.3) is 11.1 Å². The molecule has 2 unspecified atom stereocenters. The highest BCUT2D eigenvalue weighted by Crippen LogP contribution is 2.24. The molecular formula is C19H24N4O6. The number of likely N-dealkylation sites (N-methyl/N-ethyl adjacent to an activating group) is 1. The summed E-state index contributed by atoms with van der Waals surface area (Å²) >= 11 is 0. The van der Waals surface area contributed by atoms with E-state index in [-0.39, 0.29) is 5.88 Å². The average Bonchev–Trinajstić information content (AvgIpc) is 2.71. The largest absolute Gasteiger partial charge is 0.400 e. The predicted octanol–water partition coefficient (Wildman–Crippen LogP) is -0.311. The molecule has 0 saturated heterocycles. The molecular weight excluding hydrogens is 380 g/mol. The Labute approximate surface area is 168 Å². The number of nitrogens with one attached hydrogen (secondary N) is 1. The van der Waals surface area contributed by atoms with Crippen molar-refractivity contribution in [1.29, 1.82) is 0 Å². The van der Waals surface area contributed by atoms with E-state index in [1.54, 1.807) is 6.92 Å². The van der Waals surface area contributed by atoms with Gasteiger partial charge in [-0.2, -0.15) is 10.6 Å². The number of hydrogen-bond donors (Lipinski definition) is 3. The summed E-state index contributed by atoms with van der Waals surface area (Å²) in [6.07, 6.45) is -4.07. The number of aliphatic hydroxyl groups excluding tert-OH is 2. The zero-order valence-electron chi connectivity index (χ0n) is 16.4. The van der Waals surface area contributed by atoms with E-state index in [2.05, 4.69) is 15.7 Å². The van der Waals surface area contributed by atoms with Gasteiger partial charge in [-0.15, -0.1) is 5.10 Å². The lowest BCUT2D eigenvalue weighted by molar-refractivity contribution is -0.200. The molecule has 0 bridgehead atoms. The summed E-state index contributed by atoms with van der Waals surface area (Å²) in [5.74, 6) is -2.99. The van der Waals surface area contributed by atoms with Crippen molar-refractivity contribution in [2.24, 2.45) is 0 Å². The summed E-state index contributed by atoms with van der Waals surface area (Å²) in [5.41, 5.74) is 4.50. The molecule has 0 amide bonds. The summed E-state index contributed by atoms with van der Waals surface area (Å²) in [5, 5.41) is 27.2. The predicted molar refractivity (Wildman–Crippen MR) is 103 cm³/mol. The van der Waals surface area contributed by atoms with Gasteiger partial charge in [-0.3, -0.25) is 9.63 Å². The zero-order valence-corrected chi connectivity index (χ0v) is 16.4. The first-order valence-corrected chi connectivity index (χ1v) is 8.84. The number of rotatable bonds is 10. The number of ether oxygens (including phenoxy) is 1. The first-order valence-electron chi connectivity index (χ1n) is 8.84. The summed E-state index contributed by atoms with van der Waals surface area (Å²) in [7, 11) is 3.67. The summed E-state index contributed by atoms with van der Waals surface area (Å²) in [4.78, 5) is 30.6. The minimum absolute atomic E-state index is 0.209. The number of hydrogen-bond acceptors (Lipinski definition) is 10.